The molecule has 1 aliphatic carbocycles. The Kier molecular flexibility index (Phi) is 5.04. The number of anilines is 1. The maximum absolute atomic E-state index is 6.43. The zero-order chi connectivity index (χ0) is 25.3. The van der Waals surface area contributed by atoms with E-state index in [0.717, 1.165) is 42.8 Å². The summed E-state index contributed by atoms with van der Waals surface area (Å²) in [6, 6.07) is 13.0. The monoisotopic (exact) mass is 487 g/mol. The third-order valence-corrected chi connectivity index (χ3v) is 8.61. The minimum absolute atomic E-state index is 0.119. The molecule has 6 N–H and O–H groups in total. The third kappa shape index (κ3) is 3.22. The number of fused-ring (bicyclic) bond motifs is 2. The van der Waals surface area contributed by atoms with Crippen molar-refractivity contribution in [3.8, 4) is 0 Å². The number of pyridine rings is 1. The van der Waals surface area contributed by atoms with Crippen molar-refractivity contribution in [2.24, 2.45) is 27.8 Å². The molecule has 4 atom stereocenters. The SMILES string of the molecule is CC(N)=NC(=[NH2+])C1C2(CN)COC1(c1nc3c(C)cc(N4CC[C@](C)(c5ccccc5)C4)cn3n1)C2. The molecule has 3 unspecified atom stereocenters. The first kappa shape index (κ1) is 23.1. The number of nitrogens with zero attached hydrogens (tertiary/aromatic N) is 5. The minimum Gasteiger partial charge on any atom is -0.369 e. The van der Waals surface area contributed by atoms with Gasteiger partial charge in [0.1, 0.15) is 11.5 Å². The number of rotatable bonds is 5. The van der Waals surface area contributed by atoms with E-state index in [9.17, 15) is 0 Å². The lowest BCUT2D eigenvalue weighted by Gasteiger charge is -2.47. The lowest BCUT2D eigenvalue weighted by atomic mass is 9.53. The Bertz CT molecular complexity index is 1380. The van der Waals surface area contributed by atoms with Crippen molar-refractivity contribution in [1.29, 1.82) is 0 Å². The highest BCUT2D eigenvalue weighted by Crippen LogP contribution is 2.66. The topological polar surface area (TPSA) is 133 Å². The number of ether oxygens (including phenoxy) is 1. The van der Waals surface area contributed by atoms with E-state index in [0.29, 0.717) is 30.6 Å². The van der Waals surface area contributed by atoms with Gasteiger partial charge < -0.3 is 21.1 Å². The first-order chi connectivity index (χ1) is 17.2. The molecule has 9 heteroatoms. The van der Waals surface area contributed by atoms with Crippen LogP contribution < -0.4 is 21.8 Å². The summed E-state index contributed by atoms with van der Waals surface area (Å²) in [5.74, 6) is 1.30. The van der Waals surface area contributed by atoms with Crippen LogP contribution in [0, 0.1) is 18.3 Å². The molecule has 4 fully saturated rings. The standard InChI is InChI=1S/C27H34N8O/c1-17-11-20(34-10-9-25(3,15-34)19-7-5-4-6-8-19)12-35-23(17)32-24(33-35)27-13-26(14-28,16-36-27)21(27)22(30)31-18(2)29/h4-8,11-12,21H,9-10,13-16,28H2,1-3H3,(H3,29,30,31)/p+1/t21?,25-,26?,27?/m0/s1. The van der Waals surface area contributed by atoms with Crippen molar-refractivity contribution in [1.82, 2.24) is 14.6 Å². The van der Waals surface area contributed by atoms with Crippen molar-refractivity contribution in [2.45, 2.75) is 44.6 Å². The van der Waals surface area contributed by atoms with Crippen molar-refractivity contribution < 1.29 is 10.1 Å². The second kappa shape index (κ2) is 7.85. The summed E-state index contributed by atoms with van der Waals surface area (Å²) in [5.41, 5.74) is 15.6. The van der Waals surface area contributed by atoms with Gasteiger partial charge in [-0.2, -0.15) is 0 Å². The summed E-state index contributed by atoms with van der Waals surface area (Å²) in [5, 5.41) is 11.4. The molecule has 36 heavy (non-hydrogen) atoms. The van der Waals surface area contributed by atoms with Crippen LogP contribution in [0.25, 0.3) is 5.65 Å². The molecule has 1 aromatic carbocycles. The van der Waals surface area contributed by atoms with E-state index in [1.54, 1.807) is 6.92 Å². The average molecular weight is 488 g/mol. The van der Waals surface area contributed by atoms with Crippen LogP contribution in [-0.2, 0) is 15.8 Å². The van der Waals surface area contributed by atoms with E-state index in [4.69, 9.17) is 31.7 Å². The minimum atomic E-state index is -0.722. The fourth-order valence-corrected chi connectivity index (χ4v) is 6.72. The van der Waals surface area contributed by atoms with Crippen LogP contribution in [0.4, 0.5) is 5.69 Å². The zero-order valence-electron chi connectivity index (χ0n) is 21.2. The lowest BCUT2D eigenvalue weighted by Crippen LogP contribution is -2.64. The molecule has 0 radical (unpaired) electrons. The highest BCUT2D eigenvalue weighted by molar-refractivity contribution is 5.95. The molecule has 188 valence electrons. The Morgan fingerprint density at radius 2 is 2.08 bits per heavy atom. The number of aromatic nitrogens is 3. The van der Waals surface area contributed by atoms with E-state index < -0.39 is 5.60 Å². The number of hydrogen-bond acceptors (Lipinski definition) is 5. The Morgan fingerprint density at radius 3 is 2.81 bits per heavy atom. The second-order valence-corrected chi connectivity index (χ2v) is 11.2. The number of nitrogens with two attached hydrogens (primary N) is 3. The molecule has 9 nitrogen and oxygen atoms in total. The van der Waals surface area contributed by atoms with Gasteiger partial charge >= 0.3 is 0 Å². The van der Waals surface area contributed by atoms with Crippen LogP contribution >= 0.6 is 0 Å². The summed E-state index contributed by atoms with van der Waals surface area (Å²) in [7, 11) is 0. The summed E-state index contributed by atoms with van der Waals surface area (Å²) in [4.78, 5) is 11.8. The number of benzene rings is 1. The van der Waals surface area contributed by atoms with Gasteiger partial charge in [0.2, 0.25) is 5.84 Å². The van der Waals surface area contributed by atoms with Crippen LogP contribution in [0.3, 0.4) is 0 Å². The predicted octanol–water partition coefficient (Wildman–Crippen LogP) is 0.931. The van der Waals surface area contributed by atoms with Crippen molar-refractivity contribution >= 4 is 23.0 Å². The van der Waals surface area contributed by atoms with Gasteiger partial charge in [-0.15, -0.1) is 5.10 Å². The highest BCUT2D eigenvalue weighted by atomic mass is 16.5. The number of aryl methyl sites for hydroxylation is 1. The summed E-state index contributed by atoms with van der Waals surface area (Å²) < 4.78 is 8.24. The summed E-state index contributed by atoms with van der Waals surface area (Å²) >= 11 is 0. The van der Waals surface area contributed by atoms with Gasteiger partial charge in [-0.3, -0.25) is 5.41 Å². The van der Waals surface area contributed by atoms with Crippen LogP contribution in [0.2, 0.25) is 0 Å². The third-order valence-electron chi connectivity index (χ3n) is 8.61. The van der Waals surface area contributed by atoms with E-state index in [-0.39, 0.29) is 16.7 Å². The normalized spacial score (nSPS) is 31.7. The molecule has 7 rings (SSSR count). The van der Waals surface area contributed by atoms with Crippen LogP contribution in [0.5, 0.6) is 0 Å². The van der Waals surface area contributed by atoms with Crippen molar-refractivity contribution in [3.05, 3.63) is 59.5 Å². The smallest absolute Gasteiger partial charge is 0.298 e. The molecule has 3 aromatic rings. The maximum atomic E-state index is 6.43. The summed E-state index contributed by atoms with van der Waals surface area (Å²) in [6.07, 6.45) is 3.91. The van der Waals surface area contributed by atoms with Crippen molar-refractivity contribution in [2.75, 3.05) is 31.1 Å². The van der Waals surface area contributed by atoms with Gasteiger partial charge in [0.05, 0.1) is 18.5 Å². The van der Waals surface area contributed by atoms with E-state index in [2.05, 4.69) is 66.3 Å². The largest absolute Gasteiger partial charge is 0.369 e. The lowest BCUT2D eigenvalue weighted by molar-refractivity contribution is -0.147. The zero-order valence-corrected chi connectivity index (χ0v) is 21.2. The van der Waals surface area contributed by atoms with Gasteiger partial charge in [-0.1, -0.05) is 37.3 Å². The molecule has 3 saturated heterocycles. The molecular weight excluding hydrogens is 452 g/mol. The van der Waals surface area contributed by atoms with Crippen LogP contribution in [-0.4, -0.2) is 52.5 Å². The quantitative estimate of drug-likeness (QED) is 0.362. The van der Waals surface area contributed by atoms with E-state index in [1.165, 1.54) is 5.56 Å². The van der Waals surface area contributed by atoms with Crippen molar-refractivity contribution in [3.63, 3.8) is 0 Å². The molecule has 4 aliphatic rings. The maximum Gasteiger partial charge on any atom is 0.298 e. The number of amidine groups is 2. The Morgan fingerprint density at radius 1 is 1.31 bits per heavy atom. The number of aliphatic imine (C=N–C) groups is 1. The van der Waals surface area contributed by atoms with E-state index in [1.807, 2.05) is 4.52 Å². The predicted molar refractivity (Wildman–Crippen MR) is 140 cm³/mol. The fraction of sp³-hybridized carbons (Fsp3) is 0.481. The fourth-order valence-electron chi connectivity index (χ4n) is 6.72. The Hall–Kier alpha value is -3.30. The van der Waals surface area contributed by atoms with Crippen LogP contribution in [0.1, 0.15) is 43.6 Å². The second-order valence-electron chi connectivity index (χ2n) is 11.2. The highest BCUT2D eigenvalue weighted by Gasteiger charge is 2.75. The Balaban J connectivity index is 1.34. The number of hydrogen-bond donors (Lipinski definition) is 3. The molecule has 0 amide bonds. The first-order valence-corrected chi connectivity index (χ1v) is 12.6. The van der Waals surface area contributed by atoms with Gasteiger partial charge in [0.25, 0.3) is 5.84 Å². The van der Waals surface area contributed by atoms with Gasteiger partial charge in [-0.05, 0) is 42.0 Å². The van der Waals surface area contributed by atoms with E-state index >= 15 is 0 Å². The molecule has 0 spiro atoms. The first-order valence-electron chi connectivity index (χ1n) is 12.6. The van der Waals surface area contributed by atoms with Gasteiger partial charge in [0, 0.05) is 37.4 Å². The van der Waals surface area contributed by atoms with Gasteiger partial charge in [0.15, 0.2) is 11.5 Å². The molecule has 2 aromatic heterocycles. The molecule has 1 saturated carbocycles. The van der Waals surface area contributed by atoms with Gasteiger partial charge in [-0.25, -0.2) is 9.50 Å². The molecule has 2 bridgehead atoms. The average Bonchev–Trinajstić information content (AvgIpc) is 3.60. The molecule has 3 aliphatic heterocycles. The molecule has 5 heterocycles. The summed E-state index contributed by atoms with van der Waals surface area (Å²) in [6.45, 7) is 9.09. The molecular formula is C27H35N8O+. The van der Waals surface area contributed by atoms with Crippen LogP contribution in [0.15, 0.2) is 47.6 Å². The Labute approximate surface area is 211 Å².